The maximum absolute atomic E-state index is 12.8. The summed E-state index contributed by atoms with van der Waals surface area (Å²) in [4.78, 5) is 16.7. The van der Waals surface area contributed by atoms with Gasteiger partial charge in [-0.3, -0.25) is 9.79 Å². The van der Waals surface area contributed by atoms with Gasteiger partial charge in [0.15, 0.2) is 0 Å². The van der Waals surface area contributed by atoms with Crippen LogP contribution >= 0.6 is 11.6 Å². The van der Waals surface area contributed by atoms with E-state index in [-0.39, 0.29) is 13.1 Å². The molecule has 0 unspecified atom stereocenters. The van der Waals surface area contributed by atoms with Gasteiger partial charge in [-0.1, -0.05) is 41.9 Å². The van der Waals surface area contributed by atoms with E-state index in [0.29, 0.717) is 30.1 Å². The number of carbonyl (C=O) groups is 1. The predicted molar refractivity (Wildman–Crippen MR) is 113 cm³/mol. The van der Waals surface area contributed by atoms with Gasteiger partial charge in [0, 0.05) is 32.4 Å². The number of rotatable bonds is 4. The summed E-state index contributed by atoms with van der Waals surface area (Å²) in [6.45, 7) is 2.50. The molecule has 4 nitrogen and oxygen atoms in total. The zero-order valence-electron chi connectivity index (χ0n) is 16.8. The normalized spacial score (nSPS) is 14.9. The van der Waals surface area contributed by atoms with E-state index in [2.05, 4.69) is 10.3 Å². The molecule has 2 aromatic rings. The molecular weight excluding hydrogens is 415 g/mol. The van der Waals surface area contributed by atoms with Gasteiger partial charge in [-0.05, 0) is 48.1 Å². The van der Waals surface area contributed by atoms with Gasteiger partial charge >= 0.3 is 12.1 Å². The highest BCUT2D eigenvalue weighted by molar-refractivity contribution is 6.33. The van der Waals surface area contributed by atoms with Crippen LogP contribution in [0.2, 0.25) is 5.02 Å². The smallest absolute Gasteiger partial charge is 0.380 e. The van der Waals surface area contributed by atoms with Crippen molar-refractivity contribution in [1.82, 2.24) is 4.90 Å². The average Bonchev–Trinajstić information content (AvgIpc) is 2.94. The van der Waals surface area contributed by atoms with Gasteiger partial charge in [-0.2, -0.15) is 13.2 Å². The fourth-order valence-corrected chi connectivity index (χ4v) is 3.80. The molecule has 0 spiro atoms. The summed E-state index contributed by atoms with van der Waals surface area (Å²) in [5.41, 5.74) is 5.52. The average molecular weight is 438 g/mol. The van der Waals surface area contributed by atoms with Gasteiger partial charge in [0.05, 0.1) is 10.7 Å². The van der Waals surface area contributed by atoms with Gasteiger partial charge in [-0.15, -0.1) is 0 Å². The van der Waals surface area contributed by atoms with Gasteiger partial charge in [-0.25, -0.2) is 0 Å². The minimum Gasteiger partial charge on any atom is -0.380 e. The lowest BCUT2D eigenvalue weighted by molar-refractivity contribution is -0.185. The second-order valence-electron chi connectivity index (χ2n) is 7.21. The predicted octanol–water partition coefficient (Wildman–Crippen LogP) is 4.88. The summed E-state index contributed by atoms with van der Waals surface area (Å²) >= 11 is 6.40. The first kappa shape index (κ1) is 22.2. The van der Waals surface area contributed by atoms with Gasteiger partial charge in [0.1, 0.15) is 0 Å². The van der Waals surface area contributed by atoms with Crippen LogP contribution in [0.3, 0.4) is 0 Å². The van der Waals surface area contributed by atoms with Crippen LogP contribution in [0.5, 0.6) is 0 Å². The number of fused-ring (bicyclic) bond motifs is 1. The highest BCUT2D eigenvalue weighted by atomic mass is 35.5. The zero-order valence-corrected chi connectivity index (χ0v) is 17.6. The maximum Gasteiger partial charge on any atom is 0.471 e. The molecule has 0 aliphatic carbocycles. The van der Waals surface area contributed by atoms with Crippen LogP contribution in [-0.2, 0) is 24.2 Å². The van der Waals surface area contributed by atoms with Gasteiger partial charge in [0.25, 0.3) is 0 Å². The number of nitrogens with one attached hydrogen (secondary N) is 1. The minimum absolute atomic E-state index is 0.00465. The van der Waals surface area contributed by atoms with E-state index in [1.165, 1.54) is 0 Å². The van der Waals surface area contributed by atoms with Crippen LogP contribution < -0.4 is 5.32 Å². The second kappa shape index (κ2) is 9.08. The Labute approximate surface area is 178 Å². The van der Waals surface area contributed by atoms with Crippen molar-refractivity contribution >= 4 is 28.9 Å². The Morgan fingerprint density at radius 1 is 1.13 bits per heavy atom. The first-order valence-corrected chi connectivity index (χ1v) is 10.0. The van der Waals surface area contributed by atoms with E-state index in [0.717, 1.165) is 32.9 Å². The third kappa shape index (κ3) is 4.95. The largest absolute Gasteiger partial charge is 0.471 e. The molecule has 1 aliphatic heterocycles. The number of hydrogen-bond acceptors (Lipinski definition) is 3. The van der Waals surface area contributed by atoms with Crippen molar-refractivity contribution in [2.24, 2.45) is 4.99 Å². The van der Waals surface area contributed by atoms with E-state index in [1.54, 1.807) is 13.1 Å². The number of anilines is 1. The van der Waals surface area contributed by atoms with Crippen molar-refractivity contribution in [2.45, 2.75) is 32.5 Å². The lowest BCUT2D eigenvalue weighted by atomic mass is 10.0. The molecule has 0 radical (unpaired) electrons. The third-order valence-corrected chi connectivity index (χ3v) is 5.66. The van der Waals surface area contributed by atoms with Crippen molar-refractivity contribution in [3.8, 4) is 0 Å². The van der Waals surface area contributed by atoms with Crippen LogP contribution in [0.4, 0.5) is 18.9 Å². The summed E-state index contributed by atoms with van der Waals surface area (Å²) in [6, 6.07) is 11.5. The SMILES string of the molecule is CN=C(C)c1ccc(CNc2c(Cl)ccc3c2CCN(C(=O)C(F)(F)F)CC3)cc1. The Morgan fingerprint density at radius 2 is 1.80 bits per heavy atom. The number of amides is 1. The number of halogens is 4. The Balaban J connectivity index is 1.76. The topological polar surface area (TPSA) is 44.7 Å². The van der Waals surface area contributed by atoms with E-state index in [4.69, 9.17) is 11.6 Å². The van der Waals surface area contributed by atoms with Crippen LogP contribution in [0.15, 0.2) is 41.4 Å². The van der Waals surface area contributed by atoms with Crippen molar-refractivity contribution < 1.29 is 18.0 Å². The number of benzene rings is 2. The fourth-order valence-electron chi connectivity index (χ4n) is 3.55. The molecule has 3 rings (SSSR count). The first-order valence-electron chi connectivity index (χ1n) is 9.63. The van der Waals surface area contributed by atoms with Crippen molar-refractivity contribution in [2.75, 3.05) is 25.5 Å². The van der Waals surface area contributed by atoms with Crippen LogP contribution in [0, 0.1) is 0 Å². The Bertz CT molecular complexity index is 955. The van der Waals surface area contributed by atoms with E-state index in [9.17, 15) is 18.0 Å². The fraction of sp³-hybridized carbons (Fsp3) is 0.364. The number of carbonyl (C=O) groups excluding carboxylic acids is 1. The van der Waals surface area contributed by atoms with Crippen LogP contribution in [0.1, 0.15) is 29.2 Å². The van der Waals surface area contributed by atoms with Crippen LogP contribution in [0.25, 0.3) is 0 Å². The number of hydrogen-bond donors (Lipinski definition) is 1. The summed E-state index contributed by atoms with van der Waals surface area (Å²) in [7, 11) is 1.75. The monoisotopic (exact) mass is 437 g/mol. The zero-order chi connectivity index (χ0) is 21.9. The summed E-state index contributed by atoms with van der Waals surface area (Å²) in [5, 5.41) is 3.84. The minimum atomic E-state index is -4.86. The summed E-state index contributed by atoms with van der Waals surface area (Å²) < 4.78 is 38.4. The van der Waals surface area contributed by atoms with Gasteiger partial charge < -0.3 is 10.2 Å². The molecule has 30 heavy (non-hydrogen) atoms. The molecule has 0 bridgehead atoms. The third-order valence-electron chi connectivity index (χ3n) is 5.35. The Hall–Kier alpha value is -2.54. The molecule has 1 heterocycles. The second-order valence-corrected chi connectivity index (χ2v) is 7.62. The molecular formula is C22H23ClF3N3O. The molecule has 0 saturated carbocycles. The highest BCUT2D eigenvalue weighted by Gasteiger charge is 2.42. The molecule has 1 amide bonds. The molecule has 1 aliphatic rings. The summed E-state index contributed by atoms with van der Waals surface area (Å²) in [6.07, 6.45) is -4.19. The standard InChI is InChI=1S/C22H23ClF3N3O/c1-14(27-2)16-5-3-15(4-6-16)13-28-20-18-10-12-29(21(30)22(24,25)26)11-9-17(18)7-8-19(20)23/h3-8,28H,9-13H2,1-2H3. The van der Waals surface area contributed by atoms with Crippen LogP contribution in [-0.4, -0.2) is 42.8 Å². The number of nitrogens with zero attached hydrogens (tertiary/aromatic N) is 2. The molecule has 0 atom stereocenters. The highest BCUT2D eigenvalue weighted by Crippen LogP contribution is 2.32. The van der Waals surface area contributed by atoms with Crippen molar-refractivity contribution in [3.05, 3.63) is 63.7 Å². The van der Waals surface area contributed by atoms with Gasteiger partial charge in [0.2, 0.25) is 0 Å². The molecule has 2 aromatic carbocycles. The molecule has 0 fully saturated rings. The molecule has 0 saturated heterocycles. The lowest BCUT2D eigenvalue weighted by Gasteiger charge is -2.21. The first-order chi connectivity index (χ1) is 14.2. The maximum atomic E-state index is 12.8. The molecule has 160 valence electrons. The number of aliphatic imine (C=N–C) groups is 1. The molecule has 0 aromatic heterocycles. The van der Waals surface area contributed by atoms with Crippen molar-refractivity contribution in [1.29, 1.82) is 0 Å². The Kier molecular flexibility index (Phi) is 6.71. The van der Waals surface area contributed by atoms with E-state index in [1.807, 2.05) is 37.3 Å². The number of alkyl halides is 3. The van der Waals surface area contributed by atoms with Crippen molar-refractivity contribution in [3.63, 3.8) is 0 Å². The van der Waals surface area contributed by atoms with E-state index >= 15 is 0 Å². The quantitative estimate of drug-likeness (QED) is 0.693. The lowest BCUT2D eigenvalue weighted by Crippen LogP contribution is -2.42. The van der Waals surface area contributed by atoms with E-state index < -0.39 is 12.1 Å². The summed E-state index contributed by atoms with van der Waals surface area (Å²) in [5.74, 6) is -1.79. The molecule has 8 heteroatoms. The Morgan fingerprint density at radius 3 is 2.43 bits per heavy atom. The molecule has 1 N–H and O–H groups in total.